The van der Waals surface area contributed by atoms with Crippen molar-refractivity contribution >= 4 is 18.0 Å². The monoisotopic (exact) mass is 229 g/mol. The maximum Gasteiger partial charge on any atom is 0.127 e. The molecule has 0 aliphatic carbocycles. The van der Waals surface area contributed by atoms with Crippen LogP contribution in [0.25, 0.3) is 0 Å². The summed E-state index contributed by atoms with van der Waals surface area (Å²) in [6.07, 6.45) is 3.11. The molecule has 0 saturated carbocycles. The highest BCUT2D eigenvalue weighted by Gasteiger charge is 2.31. The Bertz CT molecular complexity index is 204. The predicted molar refractivity (Wildman–Crippen MR) is 67.4 cm³/mol. The minimum Gasteiger partial charge on any atom is -0.303 e. The molecule has 0 spiro atoms. The standard InChI is InChI=1S/C12H23NOS/c1-4-12(5-2,10-14)9-13-6-7-15-8-11(13)3/h10-11H,4-9H2,1-3H3. The summed E-state index contributed by atoms with van der Waals surface area (Å²) in [5, 5.41) is 0. The first-order valence-corrected chi connectivity index (χ1v) is 7.11. The average Bonchev–Trinajstić information content (AvgIpc) is 2.29. The van der Waals surface area contributed by atoms with Crippen LogP contribution in [0, 0.1) is 5.41 Å². The molecule has 2 nitrogen and oxygen atoms in total. The van der Waals surface area contributed by atoms with E-state index in [0.717, 1.165) is 25.9 Å². The zero-order chi connectivity index (χ0) is 11.3. The third-order valence-electron chi connectivity index (χ3n) is 3.68. The predicted octanol–water partition coefficient (Wildman–Crippen LogP) is 2.43. The summed E-state index contributed by atoms with van der Waals surface area (Å²) in [5.74, 6) is 2.43. The molecule has 0 amide bonds. The molecule has 15 heavy (non-hydrogen) atoms. The molecule has 3 heteroatoms. The first kappa shape index (κ1) is 13.0. The van der Waals surface area contributed by atoms with Crippen LogP contribution in [-0.4, -0.2) is 41.8 Å². The molecule has 0 aromatic heterocycles. The number of rotatable bonds is 5. The van der Waals surface area contributed by atoms with Crippen molar-refractivity contribution in [1.82, 2.24) is 4.90 Å². The van der Waals surface area contributed by atoms with Crippen molar-refractivity contribution < 1.29 is 4.79 Å². The molecule has 0 radical (unpaired) electrons. The highest BCUT2D eigenvalue weighted by molar-refractivity contribution is 7.99. The van der Waals surface area contributed by atoms with Crippen LogP contribution in [0.4, 0.5) is 0 Å². The van der Waals surface area contributed by atoms with E-state index in [1.807, 2.05) is 11.8 Å². The third-order valence-corrected chi connectivity index (χ3v) is 4.87. The molecule has 0 aromatic carbocycles. The van der Waals surface area contributed by atoms with Crippen LogP contribution >= 0.6 is 11.8 Å². The van der Waals surface area contributed by atoms with Crippen molar-refractivity contribution in [1.29, 1.82) is 0 Å². The summed E-state index contributed by atoms with van der Waals surface area (Å²) >= 11 is 2.03. The highest BCUT2D eigenvalue weighted by Crippen LogP contribution is 2.27. The number of hydrogen-bond acceptors (Lipinski definition) is 3. The summed E-state index contributed by atoms with van der Waals surface area (Å²) in [5.41, 5.74) is -0.101. The van der Waals surface area contributed by atoms with Crippen molar-refractivity contribution in [3.05, 3.63) is 0 Å². The van der Waals surface area contributed by atoms with Gasteiger partial charge in [-0.1, -0.05) is 13.8 Å². The number of nitrogens with zero attached hydrogens (tertiary/aromatic N) is 1. The lowest BCUT2D eigenvalue weighted by Crippen LogP contribution is -2.47. The van der Waals surface area contributed by atoms with Gasteiger partial charge in [0.15, 0.2) is 0 Å². The first-order chi connectivity index (χ1) is 7.17. The number of thioether (sulfide) groups is 1. The molecule has 1 aliphatic rings. The smallest absolute Gasteiger partial charge is 0.127 e. The molecular formula is C12H23NOS. The molecule has 1 saturated heterocycles. The van der Waals surface area contributed by atoms with Gasteiger partial charge in [0.05, 0.1) is 0 Å². The minimum absolute atomic E-state index is 0.101. The average molecular weight is 229 g/mol. The Balaban J connectivity index is 2.60. The van der Waals surface area contributed by atoms with Gasteiger partial charge < -0.3 is 4.79 Å². The van der Waals surface area contributed by atoms with Crippen molar-refractivity contribution in [3.63, 3.8) is 0 Å². The number of carbonyl (C=O) groups excluding carboxylic acids is 1. The summed E-state index contributed by atoms with van der Waals surface area (Å²) in [6, 6.07) is 0.626. The Morgan fingerprint density at radius 1 is 1.47 bits per heavy atom. The van der Waals surface area contributed by atoms with E-state index < -0.39 is 0 Å². The molecule has 1 rings (SSSR count). The third kappa shape index (κ3) is 3.22. The van der Waals surface area contributed by atoms with Crippen molar-refractivity contribution in [2.75, 3.05) is 24.6 Å². The summed E-state index contributed by atoms with van der Waals surface area (Å²) in [6.45, 7) is 8.61. The normalized spacial score (nSPS) is 24.1. The molecule has 0 bridgehead atoms. The van der Waals surface area contributed by atoms with Crippen LogP contribution in [-0.2, 0) is 4.79 Å². The van der Waals surface area contributed by atoms with Gasteiger partial charge in [-0.3, -0.25) is 4.90 Å². The van der Waals surface area contributed by atoms with Crippen molar-refractivity contribution in [2.24, 2.45) is 5.41 Å². The maximum absolute atomic E-state index is 11.2. The zero-order valence-corrected chi connectivity index (χ0v) is 11.0. The minimum atomic E-state index is -0.101. The van der Waals surface area contributed by atoms with Crippen LogP contribution in [0.3, 0.4) is 0 Å². The molecule has 1 fully saturated rings. The zero-order valence-electron chi connectivity index (χ0n) is 10.2. The van der Waals surface area contributed by atoms with E-state index in [1.165, 1.54) is 17.8 Å². The van der Waals surface area contributed by atoms with Gasteiger partial charge in [-0.2, -0.15) is 11.8 Å². The first-order valence-electron chi connectivity index (χ1n) is 5.95. The molecule has 1 heterocycles. The van der Waals surface area contributed by atoms with E-state index in [-0.39, 0.29) is 5.41 Å². The lowest BCUT2D eigenvalue weighted by molar-refractivity contribution is -0.118. The van der Waals surface area contributed by atoms with Crippen LogP contribution in [0.5, 0.6) is 0 Å². The maximum atomic E-state index is 11.2. The molecule has 1 atom stereocenters. The van der Waals surface area contributed by atoms with Gasteiger partial charge >= 0.3 is 0 Å². The van der Waals surface area contributed by atoms with Crippen LogP contribution in [0.15, 0.2) is 0 Å². The quantitative estimate of drug-likeness (QED) is 0.675. The van der Waals surface area contributed by atoms with Crippen LogP contribution in [0.2, 0.25) is 0 Å². The summed E-state index contributed by atoms with van der Waals surface area (Å²) < 4.78 is 0. The second-order valence-electron chi connectivity index (χ2n) is 4.58. The summed E-state index contributed by atoms with van der Waals surface area (Å²) in [4.78, 5) is 13.7. The van der Waals surface area contributed by atoms with Gasteiger partial charge in [0.1, 0.15) is 6.29 Å². The fourth-order valence-corrected chi connectivity index (χ4v) is 3.16. The van der Waals surface area contributed by atoms with E-state index in [9.17, 15) is 4.79 Å². The Labute approximate surface area is 97.8 Å². The number of aldehydes is 1. The van der Waals surface area contributed by atoms with Gasteiger partial charge in [0.2, 0.25) is 0 Å². The van der Waals surface area contributed by atoms with Crippen LogP contribution < -0.4 is 0 Å². The number of carbonyl (C=O) groups is 1. The lowest BCUT2D eigenvalue weighted by Gasteiger charge is -2.39. The van der Waals surface area contributed by atoms with Gasteiger partial charge in [-0.25, -0.2) is 0 Å². The molecule has 1 aliphatic heterocycles. The Morgan fingerprint density at radius 3 is 2.60 bits per heavy atom. The Kier molecular flexibility index (Phi) is 5.13. The fraction of sp³-hybridized carbons (Fsp3) is 0.917. The van der Waals surface area contributed by atoms with E-state index in [2.05, 4.69) is 25.7 Å². The van der Waals surface area contributed by atoms with E-state index in [0.29, 0.717) is 6.04 Å². The summed E-state index contributed by atoms with van der Waals surface area (Å²) in [7, 11) is 0. The van der Waals surface area contributed by atoms with Gasteiger partial charge in [0, 0.05) is 36.1 Å². The van der Waals surface area contributed by atoms with E-state index in [4.69, 9.17) is 0 Å². The lowest BCUT2D eigenvalue weighted by atomic mass is 9.83. The van der Waals surface area contributed by atoms with Crippen molar-refractivity contribution in [2.45, 2.75) is 39.7 Å². The molecular weight excluding hydrogens is 206 g/mol. The van der Waals surface area contributed by atoms with Gasteiger partial charge in [0.25, 0.3) is 0 Å². The Morgan fingerprint density at radius 2 is 2.13 bits per heavy atom. The second-order valence-corrected chi connectivity index (χ2v) is 5.73. The molecule has 1 unspecified atom stereocenters. The topological polar surface area (TPSA) is 20.3 Å². The molecule has 0 aromatic rings. The van der Waals surface area contributed by atoms with Crippen molar-refractivity contribution in [3.8, 4) is 0 Å². The van der Waals surface area contributed by atoms with E-state index >= 15 is 0 Å². The molecule has 0 N–H and O–H groups in total. The SMILES string of the molecule is CCC(C=O)(CC)CN1CCSCC1C. The number of hydrogen-bond donors (Lipinski definition) is 0. The second kappa shape index (κ2) is 5.90. The van der Waals surface area contributed by atoms with E-state index in [1.54, 1.807) is 0 Å². The van der Waals surface area contributed by atoms with Crippen LogP contribution in [0.1, 0.15) is 33.6 Å². The molecule has 88 valence electrons. The largest absolute Gasteiger partial charge is 0.303 e. The highest BCUT2D eigenvalue weighted by atomic mass is 32.2. The fourth-order valence-electron chi connectivity index (χ4n) is 2.08. The van der Waals surface area contributed by atoms with Gasteiger partial charge in [-0.15, -0.1) is 0 Å². The van der Waals surface area contributed by atoms with Gasteiger partial charge in [-0.05, 0) is 19.8 Å². The Hall–Kier alpha value is -0.0200.